The van der Waals surface area contributed by atoms with Crippen LogP contribution in [0.3, 0.4) is 0 Å². The van der Waals surface area contributed by atoms with Gasteiger partial charge >= 0.3 is 0 Å². The molecule has 0 unspecified atom stereocenters. The molecular formula is C32H28N4OS. The first-order valence-electron chi connectivity index (χ1n) is 12.8. The van der Waals surface area contributed by atoms with E-state index in [-0.39, 0.29) is 5.78 Å². The molecule has 1 fully saturated rings. The van der Waals surface area contributed by atoms with Crippen molar-refractivity contribution >= 4 is 23.2 Å². The summed E-state index contributed by atoms with van der Waals surface area (Å²) < 4.78 is 1.87. The number of likely N-dealkylation sites (tertiary alicyclic amines) is 1. The average Bonchev–Trinajstić information content (AvgIpc) is 3.65. The number of hydrogen-bond donors (Lipinski definition) is 0. The lowest BCUT2D eigenvalue weighted by Gasteiger charge is -2.47. The Balaban J connectivity index is 1.42. The van der Waals surface area contributed by atoms with Crippen molar-refractivity contribution in [2.75, 3.05) is 13.1 Å². The van der Waals surface area contributed by atoms with Crippen LogP contribution in [0, 0.1) is 0 Å². The Morgan fingerprint density at radius 2 is 1.45 bits per heavy atom. The quantitative estimate of drug-likeness (QED) is 0.196. The first kappa shape index (κ1) is 24.2. The normalized spacial score (nSPS) is 15.7. The Labute approximate surface area is 226 Å². The van der Waals surface area contributed by atoms with Gasteiger partial charge in [-0.05, 0) is 28.8 Å². The molecule has 5 nitrogen and oxygen atoms in total. The van der Waals surface area contributed by atoms with Crippen LogP contribution >= 0.6 is 11.3 Å². The summed E-state index contributed by atoms with van der Waals surface area (Å²) >= 11 is 1.58. The third-order valence-electron chi connectivity index (χ3n) is 7.17. The van der Waals surface area contributed by atoms with E-state index in [2.05, 4.69) is 101 Å². The minimum absolute atomic E-state index is 0.179. The highest BCUT2D eigenvalue weighted by molar-refractivity contribution is 7.07. The summed E-state index contributed by atoms with van der Waals surface area (Å²) in [5.41, 5.74) is 7.37. The van der Waals surface area contributed by atoms with Crippen molar-refractivity contribution < 1.29 is 4.79 Å². The van der Waals surface area contributed by atoms with Crippen molar-refractivity contribution in [3.63, 3.8) is 0 Å². The van der Waals surface area contributed by atoms with Crippen molar-refractivity contribution in [2.24, 2.45) is 0 Å². The molecule has 38 heavy (non-hydrogen) atoms. The fourth-order valence-electron chi connectivity index (χ4n) is 5.47. The summed E-state index contributed by atoms with van der Waals surface area (Å²) in [5, 5.41) is 6.74. The van der Waals surface area contributed by atoms with Crippen molar-refractivity contribution in [3.05, 3.63) is 148 Å². The van der Waals surface area contributed by atoms with Gasteiger partial charge in [0, 0.05) is 36.7 Å². The zero-order valence-electron chi connectivity index (χ0n) is 21.0. The Morgan fingerprint density at radius 3 is 2.00 bits per heavy atom. The van der Waals surface area contributed by atoms with Crippen LogP contribution < -0.4 is 0 Å². The van der Waals surface area contributed by atoms with E-state index in [0.29, 0.717) is 26.1 Å². The highest BCUT2D eigenvalue weighted by Gasteiger charge is 2.44. The van der Waals surface area contributed by atoms with Gasteiger partial charge in [0.15, 0.2) is 5.78 Å². The van der Waals surface area contributed by atoms with E-state index in [9.17, 15) is 4.79 Å². The highest BCUT2D eigenvalue weighted by Crippen LogP contribution is 2.43. The van der Waals surface area contributed by atoms with E-state index < -0.39 is 5.54 Å². The van der Waals surface area contributed by atoms with Crippen LogP contribution in [0.1, 0.15) is 34.5 Å². The second-order valence-corrected chi connectivity index (χ2v) is 10.2. The van der Waals surface area contributed by atoms with Crippen LogP contribution in [0.5, 0.6) is 0 Å². The second kappa shape index (κ2) is 10.7. The summed E-state index contributed by atoms with van der Waals surface area (Å²) in [5.74, 6) is 0.179. The van der Waals surface area contributed by atoms with E-state index in [0.717, 1.165) is 17.0 Å². The maximum absolute atomic E-state index is 13.2. The molecule has 3 heterocycles. The molecule has 0 amide bonds. The number of piperidine rings is 1. The van der Waals surface area contributed by atoms with Gasteiger partial charge < -0.3 is 0 Å². The fraction of sp³-hybridized carbons (Fsp3) is 0.156. The first-order valence-corrected chi connectivity index (χ1v) is 13.7. The van der Waals surface area contributed by atoms with E-state index in [4.69, 9.17) is 5.10 Å². The monoisotopic (exact) mass is 516 g/mol. The number of benzene rings is 3. The third-order valence-corrected chi connectivity index (χ3v) is 7.80. The molecule has 1 aliphatic heterocycles. The topological polar surface area (TPSA) is 51.0 Å². The van der Waals surface area contributed by atoms with Gasteiger partial charge in [-0.1, -0.05) is 91.0 Å². The number of hydrogen-bond acceptors (Lipinski definition) is 5. The SMILES string of the molecule is O=C1CCN(C(c2ccccc2)(c2ccccc2)c2ccccc2)CC1=Cc1ccn(Cc2cscn2)n1. The van der Waals surface area contributed by atoms with E-state index in [1.807, 2.05) is 33.9 Å². The smallest absolute Gasteiger partial charge is 0.161 e. The molecule has 0 saturated carbocycles. The number of nitrogens with zero attached hydrogens (tertiary/aromatic N) is 4. The van der Waals surface area contributed by atoms with Crippen molar-refractivity contribution in [1.82, 2.24) is 19.7 Å². The Morgan fingerprint density at radius 1 is 0.842 bits per heavy atom. The summed E-state index contributed by atoms with van der Waals surface area (Å²) in [4.78, 5) is 20.0. The molecule has 1 saturated heterocycles. The molecule has 0 radical (unpaired) electrons. The molecule has 6 rings (SSSR count). The molecular weight excluding hydrogens is 488 g/mol. The van der Waals surface area contributed by atoms with E-state index >= 15 is 0 Å². The molecule has 0 spiro atoms. The fourth-order valence-corrected chi connectivity index (χ4v) is 6.02. The predicted molar refractivity (Wildman–Crippen MR) is 152 cm³/mol. The molecule has 0 bridgehead atoms. The number of thiazole rings is 1. The molecule has 0 N–H and O–H groups in total. The summed E-state index contributed by atoms with van der Waals surface area (Å²) in [6.07, 6.45) is 4.36. The Hall–Kier alpha value is -4.13. The Bertz CT molecular complexity index is 1430. The van der Waals surface area contributed by atoms with Gasteiger partial charge in [0.1, 0.15) is 0 Å². The lowest BCUT2D eigenvalue weighted by atomic mass is 9.74. The van der Waals surface area contributed by atoms with Gasteiger partial charge in [0.2, 0.25) is 0 Å². The van der Waals surface area contributed by atoms with Crippen molar-refractivity contribution in [1.29, 1.82) is 0 Å². The highest BCUT2D eigenvalue weighted by atomic mass is 32.1. The van der Waals surface area contributed by atoms with Gasteiger partial charge in [-0.3, -0.25) is 14.4 Å². The van der Waals surface area contributed by atoms with E-state index in [1.165, 1.54) is 16.7 Å². The molecule has 2 aromatic heterocycles. The zero-order chi connectivity index (χ0) is 25.8. The third kappa shape index (κ3) is 4.64. The Kier molecular flexibility index (Phi) is 6.82. The molecule has 6 heteroatoms. The zero-order valence-corrected chi connectivity index (χ0v) is 21.8. The predicted octanol–water partition coefficient (Wildman–Crippen LogP) is 6.04. The number of rotatable bonds is 7. The molecule has 5 aromatic rings. The van der Waals surface area contributed by atoms with Crippen molar-refractivity contribution in [2.45, 2.75) is 18.5 Å². The molecule has 0 atom stereocenters. The standard InChI is InChI=1S/C32H28N4OS/c37-31-17-18-35(21-25(31)20-29-16-19-36(34-29)22-30-23-38-24-33-30)32(26-10-4-1-5-11-26,27-12-6-2-7-13-27)28-14-8-3-9-15-28/h1-16,19-20,23-24H,17-18,21-22H2. The molecule has 188 valence electrons. The van der Waals surface area contributed by atoms with Gasteiger partial charge in [-0.25, -0.2) is 4.98 Å². The largest absolute Gasteiger partial charge is 0.294 e. The molecule has 3 aromatic carbocycles. The van der Waals surface area contributed by atoms with Crippen LogP contribution in [-0.2, 0) is 16.9 Å². The number of aromatic nitrogens is 3. The lowest BCUT2D eigenvalue weighted by Crippen LogP contribution is -2.52. The summed E-state index contributed by atoms with van der Waals surface area (Å²) in [6, 6.07) is 33.9. The lowest BCUT2D eigenvalue weighted by molar-refractivity contribution is -0.117. The number of carbonyl (C=O) groups is 1. The molecule has 0 aliphatic carbocycles. The molecule has 1 aliphatic rings. The average molecular weight is 517 g/mol. The minimum Gasteiger partial charge on any atom is -0.294 e. The maximum atomic E-state index is 13.2. The summed E-state index contributed by atoms with van der Waals surface area (Å²) in [7, 11) is 0. The van der Waals surface area contributed by atoms with Gasteiger partial charge in [0.25, 0.3) is 0 Å². The van der Waals surface area contributed by atoms with Crippen LogP contribution in [0.2, 0.25) is 0 Å². The van der Waals surface area contributed by atoms with Crippen LogP contribution in [-0.4, -0.2) is 38.5 Å². The van der Waals surface area contributed by atoms with Crippen molar-refractivity contribution in [3.8, 4) is 0 Å². The van der Waals surface area contributed by atoms with Crippen LogP contribution in [0.15, 0.2) is 120 Å². The van der Waals surface area contributed by atoms with Crippen LogP contribution in [0.25, 0.3) is 6.08 Å². The van der Waals surface area contributed by atoms with Gasteiger partial charge in [-0.2, -0.15) is 5.10 Å². The van der Waals surface area contributed by atoms with Gasteiger partial charge in [-0.15, -0.1) is 11.3 Å². The summed E-state index contributed by atoms with van der Waals surface area (Å²) in [6.45, 7) is 1.80. The number of carbonyl (C=O) groups excluding carboxylic acids is 1. The second-order valence-electron chi connectivity index (χ2n) is 9.49. The number of ketones is 1. The minimum atomic E-state index is -0.548. The van der Waals surface area contributed by atoms with E-state index in [1.54, 1.807) is 11.3 Å². The maximum Gasteiger partial charge on any atom is 0.161 e. The van der Waals surface area contributed by atoms with Crippen LogP contribution in [0.4, 0.5) is 0 Å². The van der Waals surface area contributed by atoms with Gasteiger partial charge in [0.05, 0.1) is 29.0 Å². The first-order chi connectivity index (χ1) is 18.7. The number of Topliss-reactive ketones (excluding diaryl/α,β-unsaturated/α-hetero) is 1.